The molecule has 3 heterocycles. The molecule has 63 heavy (non-hydrogen) atoms. The molecule has 334 valence electrons. The zero-order valence-corrected chi connectivity index (χ0v) is 36.6. The van der Waals surface area contributed by atoms with Crippen molar-refractivity contribution < 1.29 is 43.4 Å². The number of primary amides is 2. The molecule has 4 atom stereocenters. The van der Waals surface area contributed by atoms with Crippen LogP contribution in [0.15, 0.2) is 78.9 Å². The van der Waals surface area contributed by atoms with Gasteiger partial charge in [0.05, 0.1) is 11.4 Å². The Bertz CT molecular complexity index is 2310. The molecule has 1 aromatic heterocycles. The average Bonchev–Trinajstić information content (AvgIpc) is 3.96. The van der Waals surface area contributed by atoms with E-state index in [-0.39, 0.29) is 25.9 Å². The molecular formula is C47H56FN7O8. The standard InChI is InChI=1S/C47H56FN7O8/c1-27-26-32(48)18-19-33(27)55-34(28-10-14-30(15-11-28)46(40(49)58)22-8-24-53(46)38(56)36(44(2,3)4)51-42(60)61)20-21-35(55)29-12-16-31(17-13-29)47(41(50)59)23-9-25-54(47)39(57)37(45(5,6)7)52-43(62)63/h10-21,26,36-37,51-52H,8-9,22-25H2,1-7H3,(H2,49,58)(H2,50,59)(H,60,61)(H,62,63)/t36-,37-,46+,47+/m1/s1. The highest BCUT2D eigenvalue weighted by atomic mass is 19.1. The molecule has 0 bridgehead atoms. The maximum Gasteiger partial charge on any atom is 0.405 e. The lowest BCUT2D eigenvalue weighted by molar-refractivity contribution is -0.147. The van der Waals surface area contributed by atoms with Crippen LogP contribution in [0.5, 0.6) is 0 Å². The van der Waals surface area contributed by atoms with E-state index in [0.29, 0.717) is 57.7 Å². The SMILES string of the molecule is Cc1cc(F)ccc1-n1c(-c2ccc([C@]3(C(N)=O)CCCN3C(=O)[C@@H](NC(=O)O)C(C)(C)C)cc2)ccc1-c1ccc([C@]2(C(N)=O)CCCN2C(=O)[C@@H](NC(=O)O)C(C)(C)C)cc1. The van der Waals surface area contributed by atoms with Crippen molar-refractivity contribution in [3.05, 3.63) is 101 Å². The van der Waals surface area contributed by atoms with Crippen LogP contribution in [0.2, 0.25) is 0 Å². The lowest BCUT2D eigenvalue weighted by Crippen LogP contribution is -2.61. The Labute approximate surface area is 365 Å². The quantitative estimate of drug-likeness (QED) is 0.101. The summed E-state index contributed by atoms with van der Waals surface area (Å²) < 4.78 is 16.5. The number of rotatable bonds is 11. The third kappa shape index (κ3) is 8.33. The Morgan fingerprint density at radius 3 is 1.33 bits per heavy atom. The van der Waals surface area contributed by atoms with Gasteiger partial charge in [-0.05, 0) is 102 Å². The number of carbonyl (C=O) groups is 6. The average molecular weight is 866 g/mol. The van der Waals surface area contributed by atoms with Gasteiger partial charge in [0.2, 0.25) is 23.6 Å². The third-order valence-corrected chi connectivity index (χ3v) is 12.5. The van der Waals surface area contributed by atoms with Crippen LogP contribution in [0.3, 0.4) is 0 Å². The molecule has 2 fully saturated rings. The molecule has 6 rings (SSSR count). The van der Waals surface area contributed by atoms with Crippen LogP contribution in [0.25, 0.3) is 28.2 Å². The van der Waals surface area contributed by atoms with E-state index in [1.807, 2.05) is 41.0 Å². The molecule has 6 amide bonds. The van der Waals surface area contributed by atoms with Gasteiger partial charge in [-0.25, -0.2) is 14.0 Å². The Kier molecular flexibility index (Phi) is 12.3. The number of nitrogens with two attached hydrogens (primary N) is 2. The summed E-state index contributed by atoms with van der Waals surface area (Å²) in [5.41, 5.74) is 12.6. The van der Waals surface area contributed by atoms with Gasteiger partial charge in [0.25, 0.3) is 0 Å². The first-order chi connectivity index (χ1) is 29.4. The van der Waals surface area contributed by atoms with E-state index >= 15 is 0 Å². The minimum absolute atomic E-state index is 0.195. The molecule has 2 aliphatic rings. The highest BCUT2D eigenvalue weighted by Crippen LogP contribution is 2.44. The molecule has 2 saturated heterocycles. The van der Waals surface area contributed by atoms with Gasteiger partial charge in [0.15, 0.2) is 0 Å². The van der Waals surface area contributed by atoms with Gasteiger partial charge >= 0.3 is 12.2 Å². The summed E-state index contributed by atoms with van der Waals surface area (Å²) in [6, 6.07) is 20.1. The first-order valence-corrected chi connectivity index (χ1v) is 20.9. The summed E-state index contributed by atoms with van der Waals surface area (Å²) >= 11 is 0. The normalized spacial score (nSPS) is 19.9. The highest BCUT2D eigenvalue weighted by molar-refractivity contribution is 5.96. The first-order valence-electron chi connectivity index (χ1n) is 20.9. The van der Waals surface area contributed by atoms with Crippen LogP contribution < -0.4 is 22.1 Å². The summed E-state index contributed by atoms with van der Waals surface area (Å²) in [5.74, 6) is -3.01. The van der Waals surface area contributed by atoms with E-state index < -0.39 is 75.6 Å². The van der Waals surface area contributed by atoms with E-state index in [2.05, 4.69) is 10.6 Å². The van der Waals surface area contributed by atoms with Crippen LogP contribution in [0, 0.1) is 23.6 Å². The van der Waals surface area contributed by atoms with Gasteiger partial charge in [0.1, 0.15) is 29.0 Å². The molecule has 3 aromatic carbocycles. The Balaban J connectivity index is 1.42. The predicted molar refractivity (Wildman–Crippen MR) is 234 cm³/mol. The molecule has 8 N–H and O–H groups in total. The van der Waals surface area contributed by atoms with E-state index in [1.54, 1.807) is 78.8 Å². The molecule has 0 radical (unpaired) electrons. The summed E-state index contributed by atoms with van der Waals surface area (Å²) in [6.07, 6.45) is -1.33. The number of benzene rings is 3. The number of aryl methyl sites for hydroxylation is 1. The maximum absolute atomic E-state index is 14.5. The predicted octanol–water partition coefficient (Wildman–Crippen LogP) is 6.23. The van der Waals surface area contributed by atoms with Crippen molar-refractivity contribution >= 4 is 35.8 Å². The summed E-state index contributed by atoms with van der Waals surface area (Å²) in [7, 11) is 0. The minimum atomic E-state index is -1.54. The number of hydrogen-bond donors (Lipinski definition) is 6. The zero-order valence-electron chi connectivity index (χ0n) is 36.6. The number of carboxylic acid groups (broad SMARTS) is 2. The van der Waals surface area contributed by atoms with E-state index in [9.17, 15) is 43.4 Å². The first kappa shape index (κ1) is 45.8. The van der Waals surface area contributed by atoms with Crippen molar-refractivity contribution in [3.8, 4) is 28.2 Å². The van der Waals surface area contributed by atoms with Crippen molar-refractivity contribution in [1.82, 2.24) is 25.0 Å². The summed E-state index contributed by atoms with van der Waals surface area (Å²) in [6.45, 7) is 12.6. The molecule has 16 heteroatoms. The highest BCUT2D eigenvalue weighted by Gasteiger charge is 2.54. The zero-order chi connectivity index (χ0) is 46.4. The lowest BCUT2D eigenvalue weighted by atomic mass is 9.82. The molecule has 0 spiro atoms. The second-order valence-corrected chi connectivity index (χ2v) is 18.7. The third-order valence-electron chi connectivity index (χ3n) is 12.5. The van der Waals surface area contributed by atoms with Gasteiger partial charge in [0, 0.05) is 18.8 Å². The van der Waals surface area contributed by atoms with Crippen molar-refractivity contribution in [3.63, 3.8) is 0 Å². The van der Waals surface area contributed by atoms with Crippen molar-refractivity contribution in [2.45, 2.75) is 97.3 Å². The molecule has 2 aliphatic heterocycles. The molecule has 15 nitrogen and oxygen atoms in total. The van der Waals surface area contributed by atoms with Crippen LogP contribution in [0.1, 0.15) is 83.9 Å². The smallest absolute Gasteiger partial charge is 0.405 e. The number of likely N-dealkylation sites (tertiary alicyclic amines) is 2. The lowest BCUT2D eigenvalue weighted by Gasteiger charge is -2.40. The van der Waals surface area contributed by atoms with Gasteiger partial charge in [-0.1, -0.05) is 90.1 Å². The fraction of sp³-hybridized carbons (Fsp3) is 0.404. The molecule has 0 saturated carbocycles. The Hall–Kier alpha value is -6.71. The van der Waals surface area contributed by atoms with Crippen molar-refractivity contribution in [2.24, 2.45) is 22.3 Å². The van der Waals surface area contributed by atoms with Gasteiger partial charge in [-0.15, -0.1) is 0 Å². The van der Waals surface area contributed by atoms with Gasteiger partial charge in [-0.3, -0.25) is 19.2 Å². The minimum Gasteiger partial charge on any atom is -0.465 e. The number of hydrogen-bond acceptors (Lipinski definition) is 6. The number of carbonyl (C=O) groups excluding carboxylic acids is 4. The maximum atomic E-state index is 14.5. The van der Waals surface area contributed by atoms with Crippen LogP contribution in [0.4, 0.5) is 14.0 Å². The molecule has 0 aliphatic carbocycles. The van der Waals surface area contributed by atoms with Crippen LogP contribution in [-0.2, 0) is 30.3 Å². The van der Waals surface area contributed by atoms with Crippen molar-refractivity contribution in [2.75, 3.05) is 13.1 Å². The Morgan fingerprint density at radius 1 is 0.635 bits per heavy atom. The van der Waals surface area contributed by atoms with Crippen LogP contribution >= 0.6 is 0 Å². The van der Waals surface area contributed by atoms with E-state index in [1.165, 1.54) is 21.9 Å². The molecular weight excluding hydrogens is 810 g/mol. The van der Waals surface area contributed by atoms with Crippen LogP contribution in [-0.4, -0.2) is 85.6 Å². The van der Waals surface area contributed by atoms with E-state index in [4.69, 9.17) is 11.5 Å². The fourth-order valence-corrected chi connectivity index (χ4v) is 9.34. The summed E-state index contributed by atoms with van der Waals surface area (Å²) in [5, 5.41) is 23.8. The largest absolute Gasteiger partial charge is 0.465 e. The number of nitrogens with zero attached hydrogens (tertiary/aromatic N) is 3. The fourth-order valence-electron chi connectivity index (χ4n) is 9.34. The number of aromatic nitrogens is 1. The second kappa shape index (κ2) is 16.9. The van der Waals surface area contributed by atoms with Gasteiger partial charge < -0.3 is 46.7 Å². The van der Waals surface area contributed by atoms with Crippen molar-refractivity contribution in [1.29, 1.82) is 0 Å². The number of amides is 6. The monoisotopic (exact) mass is 865 g/mol. The summed E-state index contributed by atoms with van der Waals surface area (Å²) in [4.78, 5) is 81.4. The van der Waals surface area contributed by atoms with Gasteiger partial charge in [-0.2, -0.15) is 0 Å². The Morgan fingerprint density at radius 2 is 1.02 bits per heavy atom. The number of nitrogens with one attached hydrogen (secondary N) is 2. The molecule has 4 aromatic rings. The van der Waals surface area contributed by atoms with E-state index in [0.717, 1.165) is 0 Å². The topological polar surface area (TPSA) is 230 Å². The molecule has 0 unspecified atom stereocenters. The second-order valence-electron chi connectivity index (χ2n) is 18.7. The number of halogens is 1.